The number of unbranched alkanes of at least 4 members (excludes halogenated alkanes) is 1. The van der Waals surface area contributed by atoms with E-state index in [2.05, 4.69) is 53.9 Å². The van der Waals surface area contributed by atoms with Crippen molar-refractivity contribution < 1.29 is 0 Å². The molecule has 4 heterocycles. The second-order valence-electron chi connectivity index (χ2n) is 9.04. The normalized spacial score (nSPS) is 15.2. The van der Waals surface area contributed by atoms with Crippen LogP contribution in [-0.4, -0.2) is 62.7 Å². The van der Waals surface area contributed by atoms with Crippen molar-refractivity contribution in [2.24, 2.45) is 0 Å². The molecule has 3 aromatic rings. The fourth-order valence-corrected chi connectivity index (χ4v) is 4.62. The summed E-state index contributed by atoms with van der Waals surface area (Å²) in [5, 5.41) is 4.40. The minimum Gasteiger partial charge on any atom is -0.380 e. The van der Waals surface area contributed by atoms with Crippen molar-refractivity contribution >= 4 is 23.2 Å². The Morgan fingerprint density at radius 2 is 1.91 bits per heavy atom. The van der Waals surface area contributed by atoms with Gasteiger partial charge in [0.15, 0.2) is 11.5 Å². The molecule has 0 aliphatic carbocycles. The van der Waals surface area contributed by atoms with E-state index in [0.29, 0.717) is 23.9 Å². The van der Waals surface area contributed by atoms with Crippen molar-refractivity contribution in [3.63, 3.8) is 0 Å². The van der Waals surface area contributed by atoms with Gasteiger partial charge in [-0.25, -0.2) is 14.5 Å². The Bertz CT molecular complexity index is 1080. The molecule has 9 heteroatoms. The molecule has 32 heavy (non-hydrogen) atoms. The van der Waals surface area contributed by atoms with Crippen molar-refractivity contribution in [2.75, 3.05) is 43.6 Å². The lowest BCUT2D eigenvalue weighted by atomic mass is 10.0. The third kappa shape index (κ3) is 4.48. The Hall–Kier alpha value is -2.94. The summed E-state index contributed by atoms with van der Waals surface area (Å²) in [5.41, 5.74) is 16.9. The largest absolute Gasteiger partial charge is 0.380 e. The quantitative estimate of drug-likeness (QED) is 0.579. The smallest absolute Gasteiger partial charge is 0.240 e. The van der Waals surface area contributed by atoms with Gasteiger partial charge in [0.2, 0.25) is 5.95 Å². The minimum atomic E-state index is 0.154. The topological polar surface area (TPSA) is 114 Å². The highest BCUT2D eigenvalue weighted by Crippen LogP contribution is 2.26. The third-order valence-corrected chi connectivity index (χ3v) is 6.44. The Balaban J connectivity index is 1.60. The van der Waals surface area contributed by atoms with Gasteiger partial charge < -0.3 is 21.3 Å². The Morgan fingerprint density at radius 3 is 2.56 bits per heavy atom. The first-order valence-corrected chi connectivity index (χ1v) is 11.5. The summed E-state index contributed by atoms with van der Waals surface area (Å²) in [7, 11) is 4.33. The second kappa shape index (κ2) is 9.28. The van der Waals surface area contributed by atoms with Crippen LogP contribution in [0.5, 0.6) is 0 Å². The molecule has 0 amide bonds. The van der Waals surface area contributed by atoms with Crippen LogP contribution in [0.1, 0.15) is 55.1 Å². The standard InChI is InChI=1S/C23H35N9/c1-5-6-7-18-19(32-22(27-18)20(24)28-23(25)29-32)13-16-12-15(2)21(26-14-16)31-10-8-17(9-11-31)30(3)4/h12,14,17H,5-11,13H2,1-4H3,(H4,24,25,28,29). The first-order valence-electron chi connectivity index (χ1n) is 11.5. The molecular formula is C23H35N9. The lowest BCUT2D eigenvalue weighted by Gasteiger charge is -2.36. The second-order valence-corrected chi connectivity index (χ2v) is 9.04. The molecule has 1 fully saturated rings. The van der Waals surface area contributed by atoms with Crippen LogP contribution in [-0.2, 0) is 12.8 Å². The summed E-state index contributed by atoms with van der Waals surface area (Å²) >= 11 is 0. The molecule has 1 aliphatic rings. The number of fused-ring (bicyclic) bond motifs is 1. The Labute approximate surface area is 189 Å². The maximum absolute atomic E-state index is 6.08. The van der Waals surface area contributed by atoms with Gasteiger partial charge in [-0.15, -0.1) is 5.10 Å². The van der Waals surface area contributed by atoms with Crippen molar-refractivity contribution in [3.05, 3.63) is 34.8 Å². The summed E-state index contributed by atoms with van der Waals surface area (Å²) < 4.78 is 1.76. The number of nitrogens with zero attached hydrogens (tertiary/aromatic N) is 7. The van der Waals surface area contributed by atoms with Crippen LogP contribution in [0.4, 0.5) is 17.6 Å². The number of hydrogen-bond donors (Lipinski definition) is 2. The molecule has 0 bridgehead atoms. The highest BCUT2D eigenvalue weighted by molar-refractivity contribution is 5.62. The number of imidazole rings is 1. The lowest BCUT2D eigenvalue weighted by molar-refractivity contribution is 0.249. The molecule has 0 unspecified atom stereocenters. The Morgan fingerprint density at radius 1 is 1.16 bits per heavy atom. The molecule has 1 aliphatic heterocycles. The van der Waals surface area contributed by atoms with Gasteiger partial charge in [-0.1, -0.05) is 19.4 Å². The molecule has 0 atom stereocenters. The number of anilines is 3. The van der Waals surface area contributed by atoms with Crippen molar-refractivity contribution in [1.82, 2.24) is 29.5 Å². The molecule has 9 nitrogen and oxygen atoms in total. The summed E-state index contributed by atoms with van der Waals surface area (Å²) in [6.45, 7) is 6.41. The number of nitrogen functional groups attached to an aromatic ring is 2. The molecule has 0 radical (unpaired) electrons. The lowest BCUT2D eigenvalue weighted by Crippen LogP contribution is -2.42. The van der Waals surface area contributed by atoms with E-state index < -0.39 is 0 Å². The monoisotopic (exact) mass is 437 g/mol. The first-order chi connectivity index (χ1) is 15.4. The van der Waals surface area contributed by atoms with Gasteiger partial charge in [-0.2, -0.15) is 4.98 Å². The number of pyridine rings is 1. The number of aryl methyl sites for hydroxylation is 2. The van der Waals surface area contributed by atoms with Gasteiger partial charge in [0.1, 0.15) is 5.82 Å². The van der Waals surface area contributed by atoms with Gasteiger partial charge >= 0.3 is 0 Å². The molecule has 0 spiro atoms. The summed E-state index contributed by atoms with van der Waals surface area (Å²) in [4.78, 5) is 18.4. The average molecular weight is 438 g/mol. The van der Waals surface area contributed by atoms with E-state index in [9.17, 15) is 0 Å². The van der Waals surface area contributed by atoms with Crippen molar-refractivity contribution in [2.45, 2.75) is 58.4 Å². The van der Waals surface area contributed by atoms with Crippen molar-refractivity contribution in [1.29, 1.82) is 0 Å². The molecular weight excluding hydrogens is 402 g/mol. The fourth-order valence-electron chi connectivity index (χ4n) is 4.62. The summed E-state index contributed by atoms with van der Waals surface area (Å²) in [5.74, 6) is 1.56. The highest BCUT2D eigenvalue weighted by atomic mass is 15.3. The highest BCUT2D eigenvalue weighted by Gasteiger charge is 2.23. The number of hydrogen-bond acceptors (Lipinski definition) is 8. The minimum absolute atomic E-state index is 0.154. The first kappa shape index (κ1) is 22.3. The number of nitrogens with two attached hydrogens (primary N) is 2. The molecule has 0 aromatic carbocycles. The third-order valence-electron chi connectivity index (χ3n) is 6.44. The zero-order valence-electron chi connectivity index (χ0n) is 19.7. The van der Waals surface area contributed by atoms with Crippen LogP contribution >= 0.6 is 0 Å². The van der Waals surface area contributed by atoms with Crippen LogP contribution in [0.25, 0.3) is 5.65 Å². The molecule has 0 saturated carbocycles. The van der Waals surface area contributed by atoms with Crippen LogP contribution in [0.3, 0.4) is 0 Å². The molecule has 172 valence electrons. The summed E-state index contributed by atoms with van der Waals surface area (Å²) in [6, 6.07) is 2.89. The number of rotatable bonds is 7. The zero-order valence-corrected chi connectivity index (χ0v) is 19.7. The van der Waals surface area contributed by atoms with Gasteiger partial charge in [0.05, 0.1) is 11.4 Å². The maximum atomic E-state index is 6.08. The molecule has 4 rings (SSSR count). The van der Waals surface area contributed by atoms with Crippen LogP contribution in [0.15, 0.2) is 12.3 Å². The van der Waals surface area contributed by atoms with Gasteiger partial charge in [-0.3, -0.25) is 0 Å². The SMILES string of the molecule is CCCCc1nc2c(N)nc(N)nn2c1Cc1cnc(N2CCC(N(C)C)CC2)c(C)c1. The summed E-state index contributed by atoms with van der Waals surface area (Å²) in [6.07, 6.45) is 8.02. The van der Waals surface area contributed by atoms with Crippen molar-refractivity contribution in [3.8, 4) is 0 Å². The number of aromatic nitrogens is 5. The van der Waals surface area contributed by atoms with Crippen LogP contribution in [0.2, 0.25) is 0 Å². The predicted molar refractivity (Wildman–Crippen MR) is 129 cm³/mol. The van der Waals surface area contributed by atoms with E-state index in [-0.39, 0.29) is 5.95 Å². The van der Waals surface area contributed by atoms with E-state index in [0.717, 1.165) is 55.1 Å². The molecule has 1 saturated heterocycles. The van der Waals surface area contributed by atoms with E-state index in [4.69, 9.17) is 21.4 Å². The maximum Gasteiger partial charge on any atom is 0.240 e. The predicted octanol–water partition coefficient (Wildman–Crippen LogP) is 2.46. The van der Waals surface area contributed by atoms with Crippen LogP contribution in [0, 0.1) is 6.92 Å². The zero-order chi connectivity index (χ0) is 22.8. The van der Waals surface area contributed by atoms with Gasteiger partial charge in [-0.05, 0) is 57.8 Å². The van der Waals surface area contributed by atoms with Gasteiger partial charge in [0, 0.05) is 31.7 Å². The van der Waals surface area contributed by atoms with E-state index in [1.165, 1.54) is 18.4 Å². The fraction of sp³-hybridized carbons (Fsp3) is 0.565. The van der Waals surface area contributed by atoms with Crippen LogP contribution < -0.4 is 16.4 Å². The molecule has 3 aromatic heterocycles. The average Bonchev–Trinajstić information content (AvgIpc) is 3.10. The molecule has 4 N–H and O–H groups in total. The number of piperidine rings is 1. The van der Waals surface area contributed by atoms with E-state index in [1.807, 2.05) is 6.20 Å². The van der Waals surface area contributed by atoms with E-state index >= 15 is 0 Å². The Kier molecular flexibility index (Phi) is 6.45. The van der Waals surface area contributed by atoms with E-state index in [1.54, 1.807) is 4.52 Å². The van der Waals surface area contributed by atoms with Gasteiger partial charge in [0.25, 0.3) is 0 Å².